The molecule has 26 nitrogen and oxygen atoms in total. The maximum Gasteiger partial charge on any atom is 0.337 e. The van der Waals surface area contributed by atoms with Crippen LogP contribution in [0.15, 0.2) is 127 Å². The molecule has 0 radical (unpaired) electrons. The number of aromatic nitrogens is 5. The highest BCUT2D eigenvalue weighted by atomic mass is 127. The molecule has 2 amide bonds. The quantitative estimate of drug-likeness (QED) is 0.0238. The topological polar surface area (TPSA) is 368 Å². The normalized spacial score (nSPS) is 19.7. The molecule has 0 unspecified atom stereocenters. The number of nitrogens with one attached hydrogen (secondary N) is 1. The first-order valence-electron chi connectivity index (χ1n) is 44.1. The number of hydrogen-bond acceptors (Lipinski definition) is 27. The summed E-state index contributed by atoms with van der Waals surface area (Å²) >= 11 is 36.9. The molecule has 2 aliphatic heterocycles. The molecule has 0 spiro atoms. The molecule has 2 saturated heterocycles. The zero-order valence-corrected chi connectivity index (χ0v) is 84.2. The molecular weight excluding hydrogens is 2090 g/mol. The molecule has 36 heteroatoms. The lowest BCUT2D eigenvalue weighted by atomic mass is 9.79. The average Bonchev–Trinajstić information content (AvgIpc) is 1.58. The highest BCUT2D eigenvalue weighted by Gasteiger charge is 2.54. The van der Waals surface area contributed by atoms with E-state index in [2.05, 4.69) is 66.9 Å². The lowest BCUT2D eigenvalue weighted by Gasteiger charge is -2.29. The molecule has 698 valence electrons. The highest BCUT2D eigenvalue weighted by molar-refractivity contribution is 14.0. The molecule has 10 aliphatic rings. The van der Waals surface area contributed by atoms with E-state index in [-0.39, 0.29) is 108 Å². The van der Waals surface area contributed by atoms with Gasteiger partial charge in [-0.05, 0) is 278 Å². The van der Waals surface area contributed by atoms with Crippen molar-refractivity contribution in [2.75, 3.05) is 57.6 Å². The first-order valence-corrected chi connectivity index (χ1v) is 49.6. The first-order chi connectivity index (χ1) is 63.8. The number of methoxy groups -OCH3 is 5. The van der Waals surface area contributed by atoms with Gasteiger partial charge in [0.05, 0.1) is 151 Å². The molecular formula is C97H97Br2Cl4IN10O16S3. The summed E-state index contributed by atoms with van der Waals surface area (Å²) in [5.74, 6) is 2.64. The van der Waals surface area contributed by atoms with Gasteiger partial charge in [-0.2, -0.15) is 0 Å². The molecule has 12 aromatic rings. The van der Waals surface area contributed by atoms with Crippen molar-refractivity contribution in [2.24, 2.45) is 11.8 Å². The van der Waals surface area contributed by atoms with Crippen molar-refractivity contribution in [3.05, 3.63) is 210 Å². The number of ether oxygens (including phenoxy) is 7. The summed E-state index contributed by atoms with van der Waals surface area (Å²) in [5, 5.41) is 14.9. The summed E-state index contributed by atoms with van der Waals surface area (Å²) in [6, 6.07) is 32.6. The van der Waals surface area contributed by atoms with Crippen LogP contribution < -0.4 is 27.4 Å². The van der Waals surface area contributed by atoms with Gasteiger partial charge in [-0.1, -0.05) is 117 Å². The SMILES string of the molecule is COC(=O)c1cc(C2CCC2)c2nc(Br)sc2c1.COC(=O)c1cc(C2CCC2)c2nc(N)sc2c1.COC(=O)c1cc(C2CCC2)c2nc(N3C(=O)[C@@H]4C[C@H]3C[C@H]4OCc3c(-c4c(Cl)cccc4Cl)noc3C3CC3)sc2c1.COC(=O)c1ccc(N)c(Br)c1.COC(=O)c1ccc(N)c(C2CCC2)c1.I.O=C1N[C@@H]2C[C@@H](OCc3c(-c4c(Cl)cccc4Cl)noc3C3CC3)[C@H]1C2. The van der Waals surface area contributed by atoms with Gasteiger partial charge in [0, 0.05) is 62.0 Å². The van der Waals surface area contributed by atoms with Crippen molar-refractivity contribution in [2.45, 2.75) is 201 Å². The van der Waals surface area contributed by atoms with Crippen molar-refractivity contribution < 1.29 is 75.8 Å². The molecule has 4 bridgehead atoms. The van der Waals surface area contributed by atoms with Crippen LogP contribution in [0.4, 0.5) is 21.6 Å². The lowest BCUT2D eigenvalue weighted by Crippen LogP contribution is -2.43. The van der Waals surface area contributed by atoms with Gasteiger partial charge in [0.15, 0.2) is 14.2 Å². The van der Waals surface area contributed by atoms with Crippen molar-refractivity contribution in [1.29, 1.82) is 0 Å². The van der Waals surface area contributed by atoms with E-state index >= 15 is 0 Å². The van der Waals surface area contributed by atoms with Gasteiger partial charge >= 0.3 is 29.8 Å². The maximum absolute atomic E-state index is 13.8. The number of nitrogen functional groups attached to an aromatic ring is 3. The van der Waals surface area contributed by atoms with Crippen molar-refractivity contribution in [1.82, 2.24) is 30.6 Å². The standard InChI is InChI=1S/C32H29Cl2N3O5S.C19H18Cl2N2O3.C13H12BrNO2S.C13H14N2O2S.C12H15NO2.C8H8BrNO2.HI/c1-40-31(39)17-10-19(15-4-2-5-15)27-25(11-17)43-32(35-27)37-18-12-20(30(37)38)24(13-18)41-14-21-28(36-42-29(21)16-8-9-16)26-22(33)6-3-7-23(26)34;20-13-2-1-3-14(21)16(13)17-12(18(26-23-17)9-4-5-9)8-25-15-7-10-6-11(15)19(24)22-10;2*1-17-12(16)8-5-9(7-3-2-4-7)11-10(6-8)18-13(14)15-11;1-15-12(14)9-5-6-11(13)10(7-9)8-3-2-4-8;1-12-8(11)5-2-3-7(10)6(9)4-5;/h3,6-7,10-11,15-16,18,20,24H,2,4-5,8-9,12-14H2,1H3;1-3,9-11,15H,4-8H2,(H,22,24);5-7H,2-4H2,1H3;5-7H,2-4H2,1H3,(H2,14,15);5-8H,2-4,13H2,1H3;2-4H,10H2,1H3;1H/t18-,20+,24+;10-,11+,15+;;;;;/m00...../s1. The number of piperidine rings is 2. The fourth-order valence-corrected chi connectivity index (χ4v) is 23.2. The van der Waals surface area contributed by atoms with Crippen molar-refractivity contribution in [3.63, 3.8) is 0 Å². The monoisotopic (exact) mass is 2180 g/mol. The first kappa shape index (κ1) is 97.2. The van der Waals surface area contributed by atoms with Crippen molar-refractivity contribution >= 4 is 230 Å². The molecule has 7 aromatic carbocycles. The number of rotatable bonds is 20. The van der Waals surface area contributed by atoms with Crippen LogP contribution in [0.2, 0.25) is 20.1 Å². The van der Waals surface area contributed by atoms with Crippen molar-refractivity contribution in [3.8, 4) is 22.5 Å². The fraction of sp³-hybridized carbons (Fsp3) is 0.402. The maximum atomic E-state index is 13.8. The van der Waals surface area contributed by atoms with Crippen LogP contribution in [-0.4, -0.2) is 127 Å². The van der Waals surface area contributed by atoms with Crippen LogP contribution in [0.25, 0.3) is 53.2 Å². The van der Waals surface area contributed by atoms with E-state index in [4.69, 9.17) is 101 Å². The molecule has 7 heterocycles. The molecule has 8 saturated carbocycles. The van der Waals surface area contributed by atoms with Crippen LogP contribution in [0.3, 0.4) is 0 Å². The summed E-state index contributed by atoms with van der Waals surface area (Å²) < 4.78 is 52.4. The van der Waals surface area contributed by atoms with Gasteiger partial charge in [-0.3, -0.25) is 14.5 Å². The number of nitrogens with zero attached hydrogens (tertiary/aromatic N) is 6. The van der Waals surface area contributed by atoms with E-state index in [9.17, 15) is 33.6 Å². The third kappa shape index (κ3) is 21.0. The minimum atomic E-state index is -0.365. The number of carbonyl (C=O) groups excluding carboxylic acids is 7. The van der Waals surface area contributed by atoms with E-state index < -0.39 is 0 Å². The number of nitrogens with two attached hydrogens (primary N) is 3. The molecule has 7 N–H and O–H groups in total. The predicted molar refractivity (Wildman–Crippen MR) is 533 cm³/mol. The van der Waals surface area contributed by atoms with E-state index in [1.807, 2.05) is 47.4 Å². The highest BCUT2D eigenvalue weighted by Crippen LogP contribution is 2.53. The van der Waals surface area contributed by atoms with Crippen LogP contribution in [0.1, 0.15) is 261 Å². The number of carbonyl (C=O) groups is 7. The van der Waals surface area contributed by atoms with Crippen LogP contribution in [0.5, 0.6) is 0 Å². The minimum absolute atomic E-state index is 0. The summed E-state index contributed by atoms with van der Waals surface area (Å²) in [6.45, 7) is 0.628. The Hall–Kier alpha value is -8.91. The Morgan fingerprint density at radius 3 is 1.29 bits per heavy atom. The van der Waals surface area contributed by atoms with Crippen LogP contribution in [-0.2, 0) is 56.0 Å². The van der Waals surface area contributed by atoms with E-state index in [0.29, 0.717) is 133 Å². The average molecular weight is 2180 g/mol. The lowest BCUT2D eigenvalue weighted by molar-refractivity contribution is -0.129. The second-order valence-corrected chi connectivity index (χ2v) is 41.6. The molecule has 5 aromatic heterocycles. The molecule has 10 fully saturated rings. The van der Waals surface area contributed by atoms with Gasteiger partial charge in [0.1, 0.15) is 22.9 Å². The number of anilines is 4. The Labute approximate surface area is 833 Å². The number of thiazole rings is 3. The smallest absolute Gasteiger partial charge is 0.337 e. The molecule has 6 atom stereocenters. The van der Waals surface area contributed by atoms with Gasteiger partial charge in [0.2, 0.25) is 11.8 Å². The Morgan fingerprint density at radius 1 is 0.459 bits per heavy atom. The van der Waals surface area contributed by atoms with Gasteiger partial charge in [-0.15, -0.1) is 35.3 Å². The Morgan fingerprint density at radius 2 is 0.865 bits per heavy atom. The Kier molecular flexibility index (Phi) is 31.0. The molecule has 8 aliphatic carbocycles. The Bertz CT molecular complexity index is 6300. The van der Waals surface area contributed by atoms with E-state index in [1.165, 1.54) is 115 Å². The summed E-state index contributed by atoms with van der Waals surface area (Å²) in [4.78, 5) is 99.5. The number of benzene rings is 7. The van der Waals surface area contributed by atoms with Gasteiger partial charge in [-0.25, -0.2) is 38.9 Å². The number of halogens is 7. The van der Waals surface area contributed by atoms with E-state index in [1.54, 1.807) is 78.1 Å². The number of esters is 5. The number of hydrogen-bond donors (Lipinski definition) is 4. The Balaban J connectivity index is 0.000000123. The van der Waals surface area contributed by atoms with Gasteiger partial charge < -0.3 is 64.7 Å². The second kappa shape index (κ2) is 42.4. The third-order valence-electron chi connectivity index (χ3n) is 26.5. The zero-order chi connectivity index (χ0) is 92.6. The summed E-state index contributed by atoms with van der Waals surface area (Å²) in [6.07, 6.45) is 21.4. The van der Waals surface area contributed by atoms with Gasteiger partial charge in [0.25, 0.3) is 0 Å². The van der Waals surface area contributed by atoms with E-state index in [0.717, 1.165) is 157 Å². The summed E-state index contributed by atoms with van der Waals surface area (Å²) in [5.41, 5.74) is 33.2. The molecule has 133 heavy (non-hydrogen) atoms. The number of amides is 2. The predicted octanol–water partition coefficient (Wildman–Crippen LogP) is 24.0. The zero-order valence-electron chi connectivity index (χ0n) is 73.2. The van der Waals surface area contributed by atoms with Crippen LogP contribution >= 0.6 is 136 Å². The number of fused-ring (bicyclic) bond motifs is 7. The van der Waals surface area contributed by atoms with Crippen LogP contribution in [0, 0.1) is 11.8 Å². The molecule has 22 rings (SSSR count). The largest absolute Gasteiger partial charge is 0.465 e. The third-order valence-corrected chi connectivity index (χ3v) is 31.8. The fourth-order valence-electron chi connectivity index (χ4n) is 18.3. The minimum Gasteiger partial charge on any atom is -0.465 e. The summed E-state index contributed by atoms with van der Waals surface area (Å²) in [7, 11) is 6.94. The second-order valence-electron chi connectivity index (χ2n) is 34.7.